The van der Waals surface area contributed by atoms with Crippen LogP contribution in [0.3, 0.4) is 0 Å². The van der Waals surface area contributed by atoms with Crippen LogP contribution in [-0.2, 0) is 0 Å². The van der Waals surface area contributed by atoms with Crippen LogP contribution >= 0.6 is 0 Å². The molecule has 0 amide bonds. The van der Waals surface area contributed by atoms with Crippen molar-refractivity contribution in [3.8, 4) is 11.1 Å². The minimum absolute atomic E-state index is 0.0416. The third kappa shape index (κ3) is 2.81. The molecule has 0 atom stereocenters. The van der Waals surface area contributed by atoms with E-state index in [0.717, 1.165) is 11.6 Å². The van der Waals surface area contributed by atoms with Crippen molar-refractivity contribution in [2.24, 2.45) is 0 Å². The molecule has 19 heavy (non-hydrogen) atoms. The number of benzene rings is 2. The van der Waals surface area contributed by atoms with Gasteiger partial charge in [-0.2, -0.15) is 0 Å². The smallest absolute Gasteiger partial charge is 0.335 e. The predicted octanol–water partition coefficient (Wildman–Crippen LogP) is 4.31. The van der Waals surface area contributed by atoms with E-state index in [1.54, 1.807) is 0 Å². The molecule has 2 aromatic carbocycles. The highest BCUT2D eigenvalue weighted by Gasteiger charge is 2.10. The maximum atomic E-state index is 13.9. The highest BCUT2D eigenvalue weighted by molar-refractivity contribution is 5.88. The van der Waals surface area contributed by atoms with Gasteiger partial charge < -0.3 is 5.11 Å². The van der Waals surface area contributed by atoms with Gasteiger partial charge in [-0.3, -0.25) is 0 Å². The number of aromatic carboxylic acids is 1. The molecule has 0 saturated heterocycles. The standard InChI is InChI=1S/C16H15FO2/c1-10(2)11-3-5-12(6-4-11)14-8-7-13(16(18)19)9-15(14)17/h3-10H,1-2H3,(H,18,19). The number of hydrogen-bond acceptors (Lipinski definition) is 1. The first-order valence-corrected chi connectivity index (χ1v) is 6.12. The predicted molar refractivity (Wildman–Crippen MR) is 72.9 cm³/mol. The Morgan fingerprint density at radius 2 is 1.74 bits per heavy atom. The molecule has 0 fully saturated rings. The van der Waals surface area contributed by atoms with Crippen LogP contribution in [0.15, 0.2) is 42.5 Å². The van der Waals surface area contributed by atoms with Gasteiger partial charge in [-0.15, -0.1) is 0 Å². The van der Waals surface area contributed by atoms with Crippen molar-refractivity contribution in [1.82, 2.24) is 0 Å². The molecule has 0 aliphatic carbocycles. The summed E-state index contributed by atoms with van der Waals surface area (Å²) in [7, 11) is 0. The van der Waals surface area contributed by atoms with Gasteiger partial charge in [0.15, 0.2) is 0 Å². The summed E-state index contributed by atoms with van der Waals surface area (Å²) < 4.78 is 13.9. The number of carboxylic acids is 1. The minimum atomic E-state index is -1.12. The summed E-state index contributed by atoms with van der Waals surface area (Å²) >= 11 is 0. The van der Waals surface area contributed by atoms with Gasteiger partial charge in [0.25, 0.3) is 0 Å². The van der Waals surface area contributed by atoms with Gasteiger partial charge in [0, 0.05) is 5.56 Å². The van der Waals surface area contributed by atoms with Crippen molar-refractivity contribution < 1.29 is 14.3 Å². The largest absolute Gasteiger partial charge is 0.478 e. The lowest BCUT2D eigenvalue weighted by Gasteiger charge is -2.08. The molecule has 2 rings (SSSR count). The second-order valence-corrected chi connectivity index (χ2v) is 4.78. The molecule has 3 heteroatoms. The van der Waals surface area contributed by atoms with Crippen LogP contribution in [0.2, 0.25) is 0 Å². The Morgan fingerprint density at radius 1 is 1.11 bits per heavy atom. The van der Waals surface area contributed by atoms with E-state index in [4.69, 9.17) is 5.11 Å². The van der Waals surface area contributed by atoms with Crippen LogP contribution < -0.4 is 0 Å². The Morgan fingerprint density at radius 3 is 2.21 bits per heavy atom. The number of carboxylic acid groups (broad SMARTS) is 1. The van der Waals surface area contributed by atoms with Crippen LogP contribution in [0.25, 0.3) is 11.1 Å². The average Bonchev–Trinajstić information content (AvgIpc) is 2.38. The highest BCUT2D eigenvalue weighted by atomic mass is 19.1. The summed E-state index contributed by atoms with van der Waals surface area (Å²) in [5, 5.41) is 8.80. The van der Waals surface area contributed by atoms with E-state index in [9.17, 15) is 9.18 Å². The number of rotatable bonds is 3. The van der Waals surface area contributed by atoms with Gasteiger partial charge in [0.1, 0.15) is 5.82 Å². The van der Waals surface area contributed by atoms with Gasteiger partial charge in [0.2, 0.25) is 0 Å². The lowest BCUT2D eigenvalue weighted by atomic mass is 9.98. The summed E-state index contributed by atoms with van der Waals surface area (Å²) in [6.07, 6.45) is 0. The molecule has 0 heterocycles. The zero-order valence-electron chi connectivity index (χ0n) is 10.9. The SMILES string of the molecule is CC(C)c1ccc(-c2ccc(C(=O)O)cc2F)cc1. The van der Waals surface area contributed by atoms with Crippen molar-refractivity contribution in [2.75, 3.05) is 0 Å². The van der Waals surface area contributed by atoms with Crippen molar-refractivity contribution >= 4 is 5.97 Å². The maximum Gasteiger partial charge on any atom is 0.335 e. The first-order valence-electron chi connectivity index (χ1n) is 6.12. The second kappa shape index (κ2) is 5.22. The molecule has 0 spiro atoms. The Kier molecular flexibility index (Phi) is 3.65. The number of halogens is 1. The maximum absolute atomic E-state index is 13.9. The fourth-order valence-corrected chi connectivity index (χ4v) is 1.93. The Labute approximate surface area is 111 Å². The van der Waals surface area contributed by atoms with Gasteiger partial charge in [0.05, 0.1) is 5.56 Å². The molecule has 2 nitrogen and oxygen atoms in total. The molecule has 1 N–H and O–H groups in total. The van der Waals surface area contributed by atoms with E-state index in [2.05, 4.69) is 13.8 Å². The van der Waals surface area contributed by atoms with Gasteiger partial charge >= 0.3 is 5.97 Å². The van der Waals surface area contributed by atoms with Gasteiger partial charge in [-0.25, -0.2) is 9.18 Å². The van der Waals surface area contributed by atoms with E-state index >= 15 is 0 Å². The van der Waals surface area contributed by atoms with Crippen molar-refractivity contribution in [2.45, 2.75) is 19.8 Å². The first kappa shape index (κ1) is 13.3. The van der Waals surface area contributed by atoms with Crippen LogP contribution in [0.4, 0.5) is 4.39 Å². The molecule has 0 aliphatic heterocycles. The molecule has 0 aromatic heterocycles. The molecule has 0 unspecified atom stereocenters. The summed E-state index contributed by atoms with van der Waals surface area (Å²) in [5.74, 6) is -1.22. The Balaban J connectivity index is 2.39. The van der Waals surface area contributed by atoms with Gasteiger partial charge in [-0.05, 0) is 29.2 Å². The van der Waals surface area contributed by atoms with Crippen molar-refractivity contribution in [3.05, 3.63) is 59.4 Å². The van der Waals surface area contributed by atoms with E-state index in [-0.39, 0.29) is 5.56 Å². The van der Waals surface area contributed by atoms with Crippen LogP contribution in [-0.4, -0.2) is 11.1 Å². The molecular weight excluding hydrogens is 243 g/mol. The Bertz CT molecular complexity index is 601. The van der Waals surface area contributed by atoms with E-state index in [0.29, 0.717) is 11.5 Å². The van der Waals surface area contributed by atoms with Gasteiger partial charge in [-0.1, -0.05) is 44.2 Å². The Hall–Kier alpha value is -2.16. The highest BCUT2D eigenvalue weighted by Crippen LogP contribution is 2.25. The number of carbonyl (C=O) groups is 1. The molecule has 98 valence electrons. The summed E-state index contributed by atoms with van der Waals surface area (Å²) in [4.78, 5) is 10.8. The molecule has 0 aliphatic rings. The number of hydrogen-bond donors (Lipinski definition) is 1. The molecule has 0 bridgehead atoms. The average molecular weight is 258 g/mol. The van der Waals surface area contributed by atoms with Crippen LogP contribution in [0, 0.1) is 5.82 Å². The van der Waals surface area contributed by atoms with Crippen LogP contribution in [0.5, 0.6) is 0 Å². The third-order valence-corrected chi connectivity index (χ3v) is 3.10. The second-order valence-electron chi connectivity index (χ2n) is 4.78. The zero-order chi connectivity index (χ0) is 14.0. The quantitative estimate of drug-likeness (QED) is 0.890. The third-order valence-electron chi connectivity index (χ3n) is 3.10. The summed E-state index contributed by atoms with van der Waals surface area (Å²) in [6, 6.07) is 11.6. The first-order chi connectivity index (χ1) is 8.99. The molecule has 2 aromatic rings. The molecular formula is C16H15FO2. The van der Waals surface area contributed by atoms with Crippen molar-refractivity contribution in [1.29, 1.82) is 0 Å². The fourth-order valence-electron chi connectivity index (χ4n) is 1.93. The lowest BCUT2D eigenvalue weighted by Crippen LogP contribution is -1.97. The van der Waals surface area contributed by atoms with E-state index in [1.807, 2.05) is 24.3 Å². The summed E-state index contributed by atoms with van der Waals surface area (Å²) in [5.41, 5.74) is 2.31. The monoisotopic (exact) mass is 258 g/mol. The minimum Gasteiger partial charge on any atom is -0.478 e. The topological polar surface area (TPSA) is 37.3 Å². The van der Waals surface area contributed by atoms with E-state index in [1.165, 1.54) is 17.7 Å². The fraction of sp³-hybridized carbons (Fsp3) is 0.188. The molecule has 0 radical (unpaired) electrons. The summed E-state index contributed by atoms with van der Waals surface area (Å²) in [6.45, 7) is 4.19. The zero-order valence-corrected chi connectivity index (χ0v) is 10.9. The normalized spacial score (nSPS) is 10.7. The van der Waals surface area contributed by atoms with E-state index < -0.39 is 11.8 Å². The lowest BCUT2D eigenvalue weighted by molar-refractivity contribution is 0.0696. The van der Waals surface area contributed by atoms with Crippen LogP contribution in [0.1, 0.15) is 35.7 Å². The molecule has 0 saturated carbocycles. The van der Waals surface area contributed by atoms with Crippen molar-refractivity contribution in [3.63, 3.8) is 0 Å².